The summed E-state index contributed by atoms with van der Waals surface area (Å²) in [6, 6.07) is 6.00. The van der Waals surface area contributed by atoms with E-state index < -0.39 is 11.9 Å². The van der Waals surface area contributed by atoms with Crippen LogP contribution in [0.1, 0.15) is 69.4 Å². The fourth-order valence-electron chi connectivity index (χ4n) is 3.80. The number of thioether (sulfide) groups is 1. The number of hydrogen-bond acceptors (Lipinski definition) is 10. The summed E-state index contributed by atoms with van der Waals surface area (Å²) in [7, 11) is 1.81. The Balaban J connectivity index is 1.70. The van der Waals surface area contributed by atoms with E-state index in [0.717, 1.165) is 28.2 Å². The summed E-state index contributed by atoms with van der Waals surface area (Å²) in [5.41, 5.74) is 2.77. The van der Waals surface area contributed by atoms with Crippen molar-refractivity contribution in [2.24, 2.45) is 7.05 Å². The van der Waals surface area contributed by atoms with Gasteiger partial charge in [-0.1, -0.05) is 17.8 Å². The Kier molecular flexibility index (Phi) is 9.92. The molecule has 204 valence electrons. The molecule has 12 heteroatoms. The second-order valence-electron chi connectivity index (χ2n) is 8.52. The summed E-state index contributed by atoms with van der Waals surface area (Å²) in [6.45, 7) is 11.3. The van der Waals surface area contributed by atoms with E-state index in [1.165, 1.54) is 11.8 Å². The molecule has 1 aromatic carbocycles. The van der Waals surface area contributed by atoms with Crippen molar-refractivity contribution in [3.8, 4) is 5.75 Å². The lowest BCUT2D eigenvalue weighted by atomic mass is 10.1. The van der Waals surface area contributed by atoms with Crippen LogP contribution >= 0.6 is 23.1 Å². The van der Waals surface area contributed by atoms with Crippen LogP contribution in [0.2, 0.25) is 0 Å². The number of aryl methyl sites for hydroxylation is 2. The lowest BCUT2D eigenvalue weighted by Gasteiger charge is -2.15. The van der Waals surface area contributed by atoms with Gasteiger partial charge >= 0.3 is 11.9 Å². The summed E-state index contributed by atoms with van der Waals surface area (Å²) in [5, 5.41) is 12.0. The second kappa shape index (κ2) is 12.9. The number of anilines is 1. The third kappa shape index (κ3) is 6.93. The molecule has 0 radical (unpaired) electrons. The molecule has 38 heavy (non-hydrogen) atoms. The van der Waals surface area contributed by atoms with Crippen molar-refractivity contribution in [1.29, 1.82) is 0 Å². The van der Waals surface area contributed by atoms with Crippen molar-refractivity contribution < 1.29 is 28.6 Å². The summed E-state index contributed by atoms with van der Waals surface area (Å²) < 4.78 is 18.1. The van der Waals surface area contributed by atoms with Gasteiger partial charge in [0.15, 0.2) is 17.1 Å². The number of thiophene rings is 1. The fraction of sp³-hybridized carbons (Fsp3) is 0.423. The highest BCUT2D eigenvalue weighted by Crippen LogP contribution is 2.34. The van der Waals surface area contributed by atoms with Gasteiger partial charge in [-0.3, -0.25) is 4.79 Å². The second-order valence-corrected chi connectivity index (χ2v) is 10.5. The summed E-state index contributed by atoms with van der Waals surface area (Å²) in [5.74, 6) is -0.176. The SMILES string of the molecule is CCOC(=O)c1sc(NC(=O)CSc2nnc(C(C)Oc3cc(C)cc(C)c3)n2C)c(C(=O)OCC)c1C. The average molecular weight is 561 g/mol. The van der Waals surface area contributed by atoms with Crippen molar-refractivity contribution in [3.05, 3.63) is 51.2 Å². The van der Waals surface area contributed by atoms with E-state index in [-0.39, 0.29) is 46.4 Å². The molecule has 2 aromatic heterocycles. The number of aromatic nitrogens is 3. The zero-order valence-electron chi connectivity index (χ0n) is 22.5. The molecule has 1 amide bonds. The molecule has 0 saturated heterocycles. The van der Waals surface area contributed by atoms with Gasteiger partial charge in [-0.25, -0.2) is 9.59 Å². The molecule has 1 atom stereocenters. The molecule has 0 fully saturated rings. The minimum Gasteiger partial charge on any atom is -0.483 e. The minimum absolute atomic E-state index is 0.00619. The number of amides is 1. The normalized spacial score (nSPS) is 11.7. The minimum atomic E-state index is -0.615. The highest BCUT2D eigenvalue weighted by molar-refractivity contribution is 7.99. The number of rotatable bonds is 11. The van der Waals surface area contributed by atoms with Gasteiger partial charge in [-0.2, -0.15) is 0 Å². The highest BCUT2D eigenvalue weighted by Gasteiger charge is 2.27. The van der Waals surface area contributed by atoms with Gasteiger partial charge in [-0.15, -0.1) is 21.5 Å². The number of nitrogens with zero attached hydrogens (tertiary/aromatic N) is 3. The van der Waals surface area contributed by atoms with Crippen molar-refractivity contribution in [1.82, 2.24) is 14.8 Å². The van der Waals surface area contributed by atoms with E-state index in [2.05, 4.69) is 21.6 Å². The molecule has 0 aliphatic carbocycles. The predicted molar refractivity (Wildman–Crippen MR) is 146 cm³/mol. The van der Waals surface area contributed by atoms with E-state index in [1.54, 1.807) is 25.3 Å². The predicted octanol–water partition coefficient (Wildman–Crippen LogP) is 5.03. The van der Waals surface area contributed by atoms with E-state index in [4.69, 9.17) is 14.2 Å². The van der Waals surface area contributed by atoms with Gasteiger partial charge < -0.3 is 24.1 Å². The Morgan fingerprint density at radius 3 is 2.29 bits per heavy atom. The molecular formula is C26H32N4O6S2. The standard InChI is InChI=1S/C26H32N4O6S2/c1-8-34-24(32)20-16(5)21(25(33)35-9-2)38-23(20)27-19(31)13-37-26-29-28-22(30(26)7)17(6)36-18-11-14(3)10-15(4)12-18/h10-12,17H,8-9,13H2,1-7H3,(H,27,31). The van der Waals surface area contributed by atoms with Crippen LogP contribution in [0.3, 0.4) is 0 Å². The van der Waals surface area contributed by atoms with E-state index >= 15 is 0 Å². The largest absolute Gasteiger partial charge is 0.483 e. The molecule has 0 spiro atoms. The van der Waals surface area contributed by atoms with Crippen LogP contribution < -0.4 is 10.1 Å². The topological polar surface area (TPSA) is 122 Å². The maximum absolute atomic E-state index is 12.8. The number of nitrogens with one attached hydrogen (secondary N) is 1. The Morgan fingerprint density at radius 1 is 1.03 bits per heavy atom. The van der Waals surface area contributed by atoms with Gasteiger partial charge in [0.2, 0.25) is 5.91 Å². The first-order valence-corrected chi connectivity index (χ1v) is 13.9. The first kappa shape index (κ1) is 29.2. The molecule has 3 aromatic rings. The van der Waals surface area contributed by atoms with E-state index in [9.17, 15) is 14.4 Å². The molecule has 1 N–H and O–H groups in total. The van der Waals surface area contributed by atoms with Crippen LogP contribution in [0.4, 0.5) is 5.00 Å². The van der Waals surface area contributed by atoms with Crippen molar-refractivity contribution in [2.75, 3.05) is 24.3 Å². The Labute approximate surface area is 230 Å². The molecule has 0 aliphatic rings. The Bertz CT molecular complexity index is 1310. The van der Waals surface area contributed by atoms with E-state index in [0.29, 0.717) is 16.5 Å². The van der Waals surface area contributed by atoms with Gasteiger partial charge in [0, 0.05) is 7.05 Å². The fourth-order valence-corrected chi connectivity index (χ4v) is 5.62. The zero-order valence-corrected chi connectivity index (χ0v) is 24.2. The first-order valence-electron chi connectivity index (χ1n) is 12.1. The first-order chi connectivity index (χ1) is 18.0. The third-order valence-corrected chi connectivity index (χ3v) is 7.62. The number of carbonyl (C=O) groups is 3. The smallest absolute Gasteiger partial charge is 0.348 e. The Morgan fingerprint density at radius 2 is 1.66 bits per heavy atom. The van der Waals surface area contributed by atoms with Gasteiger partial charge in [0.25, 0.3) is 0 Å². The zero-order chi connectivity index (χ0) is 28.0. The number of benzene rings is 1. The van der Waals surface area contributed by atoms with Crippen LogP contribution in [0.5, 0.6) is 5.75 Å². The van der Waals surface area contributed by atoms with Crippen molar-refractivity contribution >= 4 is 45.9 Å². The summed E-state index contributed by atoms with van der Waals surface area (Å²) >= 11 is 2.18. The molecule has 10 nitrogen and oxygen atoms in total. The number of ether oxygens (including phenoxy) is 3. The number of esters is 2. The molecule has 0 aliphatic heterocycles. The lowest BCUT2D eigenvalue weighted by Crippen LogP contribution is -2.17. The monoisotopic (exact) mass is 560 g/mol. The molecular weight excluding hydrogens is 528 g/mol. The van der Waals surface area contributed by atoms with Crippen LogP contribution in [0, 0.1) is 20.8 Å². The molecule has 1 unspecified atom stereocenters. The molecule has 3 rings (SSSR count). The van der Waals surface area contributed by atoms with E-state index in [1.807, 2.05) is 40.0 Å². The molecule has 0 saturated carbocycles. The molecule has 0 bridgehead atoms. The quantitative estimate of drug-likeness (QED) is 0.254. The van der Waals surface area contributed by atoms with Gasteiger partial charge in [0.05, 0.1) is 24.5 Å². The van der Waals surface area contributed by atoms with Crippen LogP contribution in [-0.4, -0.2) is 51.6 Å². The maximum atomic E-state index is 12.8. The molecule has 2 heterocycles. The lowest BCUT2D eigenvalue weighted by molar-refractivity contribution is -0.113. The van der Waals surface area contributed by atoms with Crippen molar-refractivity contribution in [2.45, 2.75) is 52.8 Å². The van der Waals surface area contributed by atoms with Crippen LogP contribution in [-0.2, 0) is 21.3 Å². The summed E-state index contributed by atoms with van der Waals surface area (Å²) in [4.78, 5) is 38.0. The third-order valence-electron chi connectivity index (χ3n) is 5.41. The van der Waals surface area contributed by atoms with Crippen LogP contribution in [0.25, 0.3) is 0 Å². The number of hydrogen-bond donors (Lipinski definition) is 1. The summed E-state index contributed by atoms with van der Waals surface area (Å²) in [6.07, 6.45) is -0.362. The Hall–Kier alpha value is -3.38. The van der Waals surface area contributed by atoms with Gasteiger partial charge in [0.1, 0.15) is 15.6 Å². The van der Waals surface area contributed by atoms with Crippen LogP contribution in [0.15, 0.2) is 23.4 Å². The average Bonchev–Trinajstić information content (AvgIpc) is 3.36. The maximum Gasteiger partial charge on any atom is 0.348 e. The highest BCUT2D eigenvalue weighted by atomic mass is 32.2. The van der Waals surface area contributed by atoms with Gasteiger partial charge in [-0.05, 0) is 70.4 Å². The number of carbonyl (C=O) groups excluding carboxylic acids is 3. The van der Waals surface area contributed by atoms with Crippen molar-refractivity contribution in [3.63, 3.8) is 0 Å².